The van der Waals surface area contributed by atoms with Gasteiger partial charge in [-0.2, -0.15) is 0 Å². The molecule has 0 aliphatic rings. The summed E-state index contributed by atoms with van der Waals surface area (Å²) in [5.74, 6) is 0. The Morgan fingerprint density at radius 3 is 2.08 bits per heavy atom. The van der Waals surface area contributed by atoms with Crippen LogP contribution in [0.3, 0.4) is 0 Å². The summed E-state index contributed by atoms with van der Waals surface area (Å²) in [5.41, 5.74) is 0.998. The first-order valence-corrected chi connectivity index (χ1v) is 7.52. The van der Waals surface area contributed by atoms with Gasteiger partial charge in [0.1, 0.15) is 0 Å². The molecule has 1 atom stereocenters. The van der Waals surface area contributed by atoms with E-state index < -0.39 is 16.8 Å². The number of hydrogen-bond donors (Lipinski definition) is 1. The number of rotatable bonds is 2. The molecule has 0 aliphatic heterocycles. The second-order valence-electron chi connectivity index (χ2n) is 2.75. The summed E-state index contributed by atoms with van der Waals surface area (Å²) in [6.45, 7) is 3.19. The van der Waals surface area contributed by atoms with Crippen molar-refractivity contribution in [1.82, 2.24) is 0 Å². The van der Waals surface area contributed by atoms with E-state index in [1.807, 2.05) is 6.92 Å². The van der Waals surface area contributed by atoms with Crippen molar-refractivity contribution in [3.63, 3.8) is 0 Å². The molecule has 0 amide bonds. The molecule has 0 fully saturated rings. The van der Waals surface area contributed by atoms with Gasteiger partial charge in [-0.25, -0.2) is 8.42 Å². The fourth-order valence-corrected chi connectivity index (χ4v) is 2.93. The maximum atomic E-state index is 11.4. The zero-order chi connectivity index (χ0) is 10.1. The maximum Gasteiger partial charge on any atom is 0.220 e. The van der Waals surface area contributed by atoms with E-state index in [0.717, 1.165) is 5.56 Å². The molecular formula is C8H11O3PS. The smallest absolute Gasteiger partial charge is 0.220 e. The Kier molecular flexibility index (Phi) is 3.06. The van der Waals surface area contributed by atoms with E-state index in [4.69, 9.17) is 4.89 Å². The molecule has 0 bridgehead atoms. The molecule has 5 heteroatoms. The summed E-state index contributed by atoms with van der Waals surface area (Å²) < 4.78 is 22.8. The fourth-order valence-electron chi connectivity index (χ4n) is 0.863. The number of hydrogen-bond acceptors (Lipinski definition) is 3. The van der Waals surface area contributed by atoms with Gasteiger partial charge in [0.25, 0.3) is 0 Å². The van der Waals surface area contributed by atoms with Crippen molar-refractivity contribution in [3.05, 3.63) is 29.8 Å². The first kappa shape index (κ1) is 10.6. The largest absolute Gasteiger partial charge is 0.359 e. The number of benzene rings is 1. The Balaban J connectivity index is 3.17. The second kappa shape index (κ2) is 3.74. The predicted octanol–water partition coefficient (Wildman–Crippen LogP) is 1.70. The lowest BCUT2D eigenvalue weighted by Crippen LogP contribution is -1.97. The van der Waals surface area contributed by atoms with Crippen molar-refractivity contribution < 1.29 is 13.3 Å². The minimum absolute atomic E-state index is 0.189. The van der Waals surface area contributed by atoms with E-state index in [0.29, 0.717) is 0 Å². The Bertz CT molecular complexity index is 380. The van der Waals surface area contributed by atoms with E-state index in [1.165, 1.54) is 18.8 Å². The van der Waals surface area contributed by atoms with Crippen LogP contribution in [-0.4, -0.2) is 20.0 Å². The van der Waals surface area contributed by atoms with E-state index in [-0.39, 0.29) is 4.90 Å². The molecule has 1 N–H and O–H groups in total. The van der Waals surface area contributed by atoms with Crippen LogP contribution in [0.1, 0.15) is 5.56 Å². The van der Waals surface area contributed by atoms with Gasteiger partial charge in [0.15, 0.2) is 7.35 Å². The van der Waals surface area contributed by atoms with Gasteiger partial charge >= 0.3 is 0 Å². The monoisotopic (exact) mass is 218 g/mol. The lowest BCUT2D eigenvalue weighted by atomic mass is 10.2. The SMILES string of the molecule is Cc1ccc(S(=O)(=O)P(C)O)cc1. The molecule has 0 spiro atoms. The molecule has 1 aromatic rings. The average Bonchev–Trinajstić information content (AvgIpc) is 2.04. The van der Waals surface area contributed by atoms with Gasteiger partial charge < -0.3 is 4.89 Å². The molecule has 1 aromatic carbocycles. The van der Waals surface area contributed by atoms with Crippen LogP contribution in [0.2, 0.25) is 0 Å². The standard InChI is InChI=1S/C8H11O3PS/c1-7-3-5-8(6-4-7)13(10,11)12(2)9/h3-6,9H,1-2H3. The minimum Gasteiger partial charge on any atom is -0.359 e. The highest BCUT2D eigenvalue weighted by Gasteiger charge is 2.20. The fraction of sp³-hybridized carbons (Fsp3) is 0.250. The van der Waals surface area contributed by atoms with Crippen LogP contribution in [0.5, 0.6) is 0 Å². The molecule has 1 rings (SSSR count). The van der Waals surface area contributed by atoms with Gasteiger partial charge in [0.2, 0.25) is 9.46 Å². The zero-order valence-corrected chi connectivity index (χ0v) is 9.14. The van der Waals surface area contributed by atoms with Crippen LogP contribution >= 0.6 is 7.35 Å². The van der Waals surface area contributed by atoms with Crippen molar-refractivity contribution in [1.29, 1.82) is 0 Å². The van der Waals surface area contributed by atoms with Crippen LogP contribution in [0.15, 0.2) is 29.2 Å². The zero-order valence-electron chi connectivity index (χ0n) is 7.43. The lowest BCUT2D eigenvalue weighted by Gasteiger charge is -2.05. The lowest BCUT2D eigenvalue weighted by molar-refractivity contribution is 0.594. The highest BCUT2D eigenvalue weighted by Crippen LogP contribution is 2.39. The van der Waals surface area contributed by atoms with Gasteiger partial charge in [-0.3, -0.25) is 0 Å². The third-order valence-electron chi connectivity index (χ3n) is 1.67. The Morgan fingerprint density at radius 2 is 1.69 bits per heavy atom. The molecule has 3 nitrogen and oxygen atoms in total. The van der Waals surface area contributed by atoms with Crippen molar-refractivity contribution in [2.75, 3.05) is 6.66 Å². The Morgan fingerprint density at radius 1 is 1.23 bits per heavy atom. The van der Waals surface area contributed by atoms with Gasteiger partial charge in [0.05, 0.1) is 4.90 Å². The van der Waals surface area contributed by atoms with E-state index >= 15 is 0 Å². The highest BCUT2D eigenvalue weighted by atomic mass is 32.8. The molecular weight excluding hydrogens is 207 g/mol. The molecule has 0 aromatic heterocycles. The van der Waals surface area contributed by atoms with Gasteiger partial charge in [0, 0.05) is 0 Å². The summed E-state index contributed by atoms with van der Waals surface area (Å²) in [6.07, 6.45) is 0. The molecule has 13 heavy (non-hydrogen) atoms. The van der Waals surface area contributed by atoms with Crippen molar-refractivity contribution in [2.45, 2.75) is 11.8 Å². The Hall–Kier alpha value is -0.440. The molecule has 1 unspecified atom stereocenters. The van der Waals surface area contributed by atoms with E-state index in [1.54, 1.807) is 12.1 Å². The predicted molar refractivity (Wildman–Crippen MR) is 53.4 cm³/mol. The van der Waals surface area contributed by atoms with Crippen LogP contribution in [0.4, 0.5) is 0 Å². The topological polar surface area (TPSA) is 54.4 Å². The summed E-state index contributed by atoms with van der Waals surface area (Å²) in [5, 5.41) is 0. The summed E-state index contributed by atoms with van der Waals surface area (Å²) in [6, 6.07) is 6.46. The molecule has 72 valence electrons. The van der Waals surface area contributed by atoms with Gasteiger partial charge in [-0.15, -0.1) is 0 Å². The number of aryl methyl sites for hydroxylation is 1. The third kappa shape index (κ3) is 2.27. The normalized spacial score (nSPS) is 14.1. The van der Waals surface area contributed by atoms with Crippen molar-refractivity contribution in [3.8, 4) is 0 Å². The summed E-state index contributed by atoms with van der Waals surface area (Å²) >= 11 is 0. The van der Waals surface area contributed by atoms with Crippen LogP contribution in [0.25, 0.3) is 0 Å². The first-order valence-electron chi connectivity index (χ1n) is 3.69. The first-order chi connectivity index (χ1) is 5.94. The molecule has 0 radical (unpaired) electrons. The van der Waals surface area contributed by atoms with E-state index in [9.17, 15) is 8.42 Å². The summed E-state index contributed by atoms with van der Waals surface area (Å²) in [4.78, 5) is 9.27. The van der Waals surface area contributed by atoms with Crippen molar-refractivity contribution >= 4 is 16.8 Å². The molecule has 0 aliphatic carbocycles. The van der Waals surface area contributed by atoms with Crippen LogP contribution in [-0.2, 0) is 9.46 Å². The maximum absolute atomic E-state index is 11.4. The molecule has 0 heterocycles. The van der Waals surface area contributed by atoms with Crippen LogP contribution in [0, 0.1) is 6.92 Å². The van der Waals surface area contributed by atoms with Gasteiger partial charge in [-0.05, 0) is 25.7 Å². The second-order valence-corrected chi connectivity index (χ2v) is 8.13. The quantitative estimate of drug-likeness (QED) is 0.769. The molecule has 0 saturated carbocycles. The highest BCUT2D eigenvalue weighted by molar-refractivity contribution is 8.48. The van der Waals surface area contributed by atoms with Gasteiger partial charge in [-0.1, -0.05) is 17.7 Å². The van der Waals surface area contributed by atoms with Crippen LogP contribution < -0.4 is 0 Å². The van der Waals surface area contributed by atoms with E-state index in [2.05, 4.69) is 0 Å². The Labute approximate surface area is 78.9 Å². The summed E-state index contributed by atoms with van der Waals surface area (Å²) in [7, 11) is -5.43. The third-order valence-corrected chi connectivity index (χ3v) is 5.95. The average molecular weight is 218 g/mol. The van der Waals surface area contributed by atoms with Crippen molar-refractivity contribution in [2.24, 2.45) is 0 Å². The minimum atomic E-state index is -3.47. The molecule has 0 saturated heterocycles.